The van der Waals surface area contributed by atoms with Crippen LogP contribution in [-0.2, 0) is 11.3 Å². The molecule has 2 aliphatic rings. The fraction of sp³-hybridized carbons (Fsp3) is 0.333. The Balaban J connectivity index is 1.94. The first-order chi connectivity index (χ1) is 11.1. The molecule has 0 radical (unpaired) electrons. The average molecular weight is 327 g/mol. The molecule has 5 heteroatoms. The zero-order chi connectivity index (χ0) is 16.4. The second-order valence-electron chi connectivity index (χ2n) is 5.71. The molecule has 120 valence electrons. The van der Waals surface area contributed by atoms with E-state index in [0.717, 1.165) is 5.57 Å². The van der Waals surface area contributed by atoms with Crippen molar-refractivity contribution in [2.24, 2.45) is 4.99 Å². The number of thiophene rings is 1. The zero-order valence-electron chi connectivity index (χ0n) is 13.5. The summed E-state index contributed by atoms with van der Waals surface area (Å²) in [6, 6.07) is 2.20. The number of nitrogens with one attached hydrogen (secondary N) is 1. The molecule has 1 amide bonds. The largest absolute Gasteiger partial charge is 0.374 e. The Morgan fingerprint density at radius 1 is 1.52 bits per heavy atom. The van der Waals surface area contributed by atoms with Crippen molar-refractivity contribution in [2.75, 3.05) is 7.05 Å². The predicted molar refractivity (Wildman–Crippen MR) is 95.4 cm³/mol. The molecular formula is C18H21N3OS. The number of hydrogen-bond acceptors (Lipinski definition) is 4. The third kappa shape index (κ3) is 3.29. The molecule has 1 N–H and O–H groups in total. The smallest absolute Gasteiger partial charge is 0.252 e. The van der Waals surface area contributed by atoms with Crippen LogP contribution in [0, 0.1) is 0 Å². The van der Waals surface area contributed by atoms with E-state index in [1.54, 1.807) is 29.4 Å². The van der Waals surface area contributed by atoms with Crippen LogP contribution >= 0.6 is 11.3 Å². The number of hydrogen-bond donors (Lipinski definition) is 1. The summed E-state index contributed by atoms with van der Waals surface area (Å²) in [4.78, 5) is 20.0. The van der Waals surface area contributed by atoms with Gasteiger partial charge in [0.25, 0.3) is 5.91 Å². The molecule has 1 fully saturated rings. The molecule has 0 bridgehead atoms. The van der Waals surface area contributed by atoms with Crippen LogP contribution in [0.2, 0.25) is 0 Å². The first kappa shape index (κ1) is 15.7. The summed E-state index contributed by atoms with van der Waals surface area (Å²) in [7, 11) is 1.77. The second kappa shape index (κ2) is 6.54. The third-order valence-electron chi connectivity index (χ3n) is 4.12. The lowest BCUT2D eigenvalue weighted by Gasteiger charge is -2.27. The van der Waals surface area contributed by atoms with Gasteiger partial charge in [0.2, 0.25) is 0 Å². The van der Waals surface area contributed by atoms with Crippen molar-refractivity contribution in [1.29, 1.82) is 0 Å². The van der Waals surface area contributed by atoms with Gasteiger partial charge < -0.3 is 5.32 Å². The van der Waals surface area contributed by atoms with Crippen molar-refractivity contribution >= 4 is 23.1 Å². The van der Waals surface area contributed by atoms with Gasteiger partial charge in [-0.25, -0.2) is 4.99 Å². The van der Waals surface area contributed by atoms with Gasteiger partial charge in [-0.05, 0) is 48.8 Å². The summed E-state index contributed by atoms with van der Waals surface area (Å²) < 4.78 is 0. The highest BCUT2D eigenvalue weighted by molar-refractivity contribution is 7.10. The molecule has 1 aromatic heterocycles. The van der Waals surface area contributed by atoms with Gasteiger partial charge in [-0.15, -0.1) is 11.3 Å². The fourth-order valence-electron chi connectivity index (χ4n) is 2.65. The highest BCUT2D eigenvalue weighted by Gasteiger charge is 2.30. The maximum atomic E-state index is 12.4. The molecule has 0 atom stereocenters. The SMILES string of the molecule is C=C(/N=C1\C(=C/C)C=CC(=O)N1Cc1sccc1C1CC1)NC. The summed E-state index contributed by atoms with van der Waals surface area (Å²) in [6.45, 7) is 6.38. The number of amidine groups is 1. The second-order valence-corrected chi connectivity index (χ2v) is 6.71. The Morgan fingerprint density at radius 2 is 2.30 bits per heavy atom. The molecule has 4 nitrogen and oxygen atoms in total. The van der Waals surface area contributed by atoms with Crippen LogP contribution in [-0.4, -0.2) is 23.7 Å². The Morgan fingerprint density at radius 3 is 2.96 bits per heavy atom. The number of allylic oxidation sites excluding steroid dienone is 1. The standard InChI is InChI=1S/C18H21N3OS/c1-4-13-7-8-17(22)21(18(13)20-12(2)19-3)11-16-15(9-10-23-16)14-5-6-14/h4,7-10,14,19H,2,5-6,11H2,1,3H3/b13-4-,20-18+. The summed E-state index contributed by atoms with van der Waals surface area (Å²) in [5.41, 5.74) is 2.33. The quantitative estimate of drug-likeness (QED) is 0.899. The maximum Gasteiger partial charge on any atom is 0.252 e. The minimum atomic E-state index is -0.0339. The molecule has 1 aliphatic carbocycles. The van der Waals surface area contributed by atoms with Gasteiger partial charge in [-0.1, -0.05) is 12.7 Å². The van der Waals surface area contributed by atoms with E-state index < -0.39 is 0 Å². The molecule has 0 unspecified atom stereocenters. The molecule has 0 spiro atoms. The van der Waals surface area contributed by atoms with Crippen LogP contribution in [0.1, 0.15) is 36.1 Å². The van der Waals surface area contributed by atoms with E-state index in [1.165, 1.54) is 23.3 Å². The van der Waals surface area contributed by atoms with Crippen LogP contribution in [0.25, 0.3) is 0 Å². The maximum absolute atomic E-state index is 12.4. The van der Waals surface area contributed by atoms with Crippen molar-refractivity contribution in [3.8, 4) is 0 Å². The number of carbonyl (C=O) groups excluding carboxylic acids is 1. The molecule has 1 aromatic rings. The van der Waals surface area contributed by atoms with E-state index in [2.05, 4.69) is 28.3 Å². The van der Waals surface area contributed by atoms with E-state index in [9.17, 15) is 4.79 Å². The Hall–Kier alpha value is -2.14. The molecule has 1 aliphatic heterocycles. The predicted octanol–water partition coefficient (Wildman–Crippen LogP) is 3.56. The summed E-state index contributed by atoms with van der Waals surface area (Å²) in [6.07, 6.45) is 7.91. The number of carbonyl (C=O) groups is 1. The Labute approximate surface area is 140 Å². The van der Waals surface area contributed by atoms with Crippen LogP contribution in [0.15, 0.2) is 52.6 Å². The first-order valence-corrected chi connectivity index (χ1v) is 8.70. The van der Waals surface area contributed by atoms with Gasteiger partial charge in [0.15, 0.2) is 0 Å². The van der Waals surface area contributed by atoms with Crippen LogP contribution in [0.5, 0.6) is 0 Å². The molecule has 3 rings (SSSR count). The highest BCUT2D eigenvalue weighted by atomic mass is 32.1. The number of amides is 1. The first-order valence-electron chi connectivity index (χ1n) is 7.82. The van der Waals surface area contributed by atoms with E-state index in [0.29, 0.717) is 24.1 Å². The van der Waals surface area contributed by atoms with Gasteiger partial charge in [0.05, 0.1) is 6.54 Å². The minimum Gasteiger partial charge on any atom is -0.374 e. The number of rotatable bonds is 5. The fourth-order valence-corrected chi connectivity index (χ4v) is 3.61. The number of aliphatic imine (C=N–C) groups is 1. The molecular weight excluding hydrogens is 306 g/mol. The lowest BCUT2D eigenvalue weighted by molar-refractivity contribution is -0.122. The van der Waals surface area contributed by atoms with E-state index in [-0.39, 0.29) is 5.91 Å². The van der Waals surface area contributed by atoms with Gasteiger partial charge in [0.1, 0.15) is 11.7 Å². The summed E-state index contributed by atoms with van der Waals surface area (Å²) in [5.74, 6) is 1.85. The van der Waals surface area contributed by atoms with Crippen molar-refractivity contribution in [3.05, 3.63) is 58.1 Å². The van der Waals surface area contributed by atoms with Crippen molar-refractivity contribution in [3.63, 3.8) is 0 Å². The van der Waals surface area contributed by atoms with E-state index >= 15 is 0 Å². The Kier molecular flexibility index (Phi) is 4.48. The van der Waals surface area contributed by atoms with Crippen LogP contribution in [0.3, 0.4) is 0 Å². The topological polar surface area (TPSA) is 44.7 Å². The zero-order valence-corrected chi connectivity index (χ0v) is 14.3. The number of nitrogens with zero attached hydrogens (tertiary/aromatic N) is 2. The summed E-state index contributed by atoms with van der Waals surface area (Å²) >= 11 is 1.72. The van der Waals surface area contributed by atoms with Crippen molar-refractivity contribution in [1.82, 2.24) is 10.2 Å². The summed E-state index contributed by atoms with van der Waals surface area (Å²) in [5, 5.41) is 5.04. The molecule has 23 heavy (non-hydrogen) atoms. The average Bonchev–Trinajstić information content (AvgIpc) is 3.30. The van der Waals surface area contributed by atoms with Gasteiger partial charge >= 0.3 is 0 Å². The third-order valence-corrected chi connectivity index (χ3v) is 5.05. The van der Waals surface area contributed by atoms with Gasteiger partial charge in [0, 0.05) is 23.6 Å². The van der Waals surface area contributed by atoms with Crippen molar-refractivity contribution in [2.45, 2.75) is 32.2 Å². The molecule has 0 saturated heterocycles. The molecule has 2 heterocycles. The van der Waals surface area contributed by atoms with E-state index in [1.807, 2.05) is 19.1 Å². The van der Waals surface area contributed by atoms with Crippen LogP contribution in [0.4, 0.5) is 0 Å². The monoisotopic (exact) mass is 327 g/mol. The molecule has 1 saturated carbocycles. The minimum absolute atomic E-state index is 0.0339. The lowest BCUT2D eigenvalue weighted by atomic mass is 10.1. The van der Waals surface area contributed by atoms with E-state index in [4.69, 9.17) is 0 Å². The van der Waals surface area contributed by atoms with Gasteiger partial charge in [-0.3, -0.25) is 9.69 Å². The lowest BCUT2D eigenvalue weighted by Crippen LogP contribution is -2.39. The van der Waals surface area contributed by atoms with Gasteiger partial charge in [-0.2, -0.15) is 0 Å². The normalized spacial score (nSPS) is 21.3. The Bertz CT molecular complexity index is 722. The van der Waals surface area contributed by atoms with Crippen molar-refractivity contribution < 1.29 is 4.79 Å². The highest BCUT2D eigenvalue weighted by Crippen LogP contribution is 2.43. The van der Waals surface area contributed by atoms with Crippen LogP contribution < -0.4 is 5.32 Å². The molecule has 0 aromatic carbocycles.